The molecule has 3 aromatic rings. The van der Waals surface area contributed by atoms with Gasteiger partial charge in [-0.25, -0.2) is 0 Å². The minimum Gasteiger partial charge on any atom is -0.495 e. The first kappa shape index (κ1) is 19.0. The Balaban J connectivity index is 1.42. The number of para-hydroxylation sites is 3. The van der Waals surface area contributed by atoms with Gasteiger partial charge >= 0.3 is 0 Å². The van der Waals surface area contributed by atoms with Crippen molar-refractivity contribution in [3.63, 3.8) is 0 Å². The molecular weight excluding hydrogens is 362 g/mol. The van der Waals surface area contributed by atoms with Gasteiger partial charge in [0.25, 0.3) is 0 Å². The zero-order valence-electron chi connectivity index (χ0n) is 16.5. The molecule has 1 aliphatic heterocycles. The summed E-state index contributed by atoms with van der Waals surface area (Å²) in [6, 6.07) is 18.0. The molecule has 2 heterocycles. The predicted octanol–water partition coefficient (Wildman–Crippen LogP) is 4.04. The molecule has 0 radical (unpaired) electrons. The van der Waals surface area contributed by atoms with E-state index in [0.29, 0.717) is 0 Å². The zero-order valence-corrected chi connectivity index (χ0v) is 16.5. The van der Waals surface area contributed by atoms with Crippen molar-refractivity contribution in [1.82, 2.24) is 10.3 Å². The van der Waals surface area contributed by atoms with Gasteiger partial charge in [-0.2, -0.15) is 0 Å². The number of amides is 1. The third-order valence-electron chi connectivity index (χ3n) is 5.27. The summed E-state index contributed by atoms with van der Waals surface area (Å²) >= 11 is 0. The van der Waals surface area contributed by atoms with Crippen LogP contribution in [0.4, 0.5) is 5.69 Å². The van der Waals surface area contributed by atoms with Gasteiger partial charge in [0.15, 0.2) is 0 Å². The number of carbonyl (C=O) groups excluding carboxylic acids is 1. The number of nitrogens with zero attached hydrogens (tertiary/aromatic N) is 2. The normalized spacial score (nSPS) is 16.9. The van der Waals surface area contributed by atoms with Crippen LogP contribution in [0.1, 0.15) is 18.4 Å². The maximum Gasteiger partial charge on any atom is 0.244 e. The molecule has 1 aromatic heterocycles. The fourth-order valence-electron chi connectivity index (χ4n) is 3.88. The smallest absolute Gasteiger partial charge is 0.244 e. The second kappa shape index (κ2) is 8.78. The maximum atomic E-state index is 12.5. The summed E-state index contributed by atoms with van der Waals surface area (Å²) in [5.74, 6) is 0.785. The first-order valence-electron chi connectivity index (χ1n) is 9.95. The summed E-state index contributed by atoms with van der Waals surface area (Å²) in [4.78, 5) is 19.2. The van der Waals surface area contributed by atoms with Crippen LogP contribution in [0.2, 0.25) is 0 Å². The van der Waals surface area contributed by atoms with Crippen molar-refractivity contribution >= 4 is 28.6 Å². The van der Waals surface area contributed by atoms with E-state index in [4.69, 9.17) is 4.74 Å². The number of nitrogens with one attached hydrogen (secondary N) is 1. The van der Waals surface area contributed by atoms with Crippen LogP contribution in [0.3, 0.4) is 0 Å². The molecule has 1 saturated heterocycles. The van der Waals surface area contributed by atoms with Crippen LogP contribution in [0.25, 0.3) is 17.0 Å². The Bertz CT molecular complexity index is 1030. The highest BCUT2D eigenvalue weighted by Gasteiger charge is 2.22. The minimum absolute atomic E-state index is 0.0789. The number of fused-ring (bicyclic) bond motifs is 1. The number of methoxy groups -OCH3 is 1. The summed E-state index contributed by atoms with van der Waals surface area (Å²) < 4.78 is 5.49. The molecule has 0 spiro atoms. The number of pyridine rings is 1. The lowest BCUT2D eigenvalue weighted by molar-refractivity contribution is -0.117. The van der Waals surface area contributed by atoms with Gasteiger partial charge in [0.1, 0.15) is 5.75 Å². The standard InChI is InChI=1S/C24H25N3O2/c1-29-22-12-3-2-11-21(22)27-16-6-10-20(17-27)26-23(28)14-13-19-8-4-7-18-9-5-15-25-24(18)19/h2-5,7-9,11-15,20H,6,10,16-17H2,1H3,(H,26,28)/b14-13+. The summed E-state index contributed by atoms with van der Waals surface area (Å²) in [5.41, 5.74) is 2.92. The van der Waals surface area contributed by atoms with Crippen molar-refractivity contribution in [3.05, 3.63) is 72.4 Å². The Kier molecular flexibility index (Phi) is 5.75. The molecular formula is C24H25N3O2. The van der Waals surface area contributed by atoms with E-state index in [1.165, 1.54) is 0 Å². The number of piperidine rings is 1. The van der Waals surface area contributed by atoms with E-state index in [9.17, 15) is 4.79 Å². The Morgan fingerprint density at radius 2 is 2.03 bits per heavy atom. The second-order valence-corrected chi connectivity index (χ2v) is 7.22. The molecule has 1 aliphatic rings. The number of hydrogen-bond donors (Lipinski definition) is 1. The van der Waals surface area contributed by atoms with E-state index in [-0.39, 0.29) is 11.9 Å². The quantitative estimate of drug-likeness (QED) is 0.672. The van der Waals surface area contributed by atoms with Crippen molar-refractivity contribution in [1.29, 1.82) is 0 Å². The molecule has 148 valence electrons. The first-order chi connectivity index (χ1) is 14.2. The van der Waals surface area contributed by atoms with Gasteiger partial charge in [-0.1, -0.05) is 36.4 Å². The van der Waals surface area contributed by atoms with Gasteiger partial charge < -0.3 is 15.0 Å². The van der Waals surface area contributed by atoms with E-state index in [1.807, 2.05) is 54.6 Å². The van der Waals surface area contributed by atoms with Gasteiger partial charge in [0, 0.05) is 42.4 Å². The van der Waals surface area contributed by atoms with Crippen LogP contribution < -0.4 is 15.0 Å². The number of benzene rings is 2. The Morgan fingerprint density at radius 3 is 2.93 bits per heavy atom. The average molecular weight is 387 g/mol. The van der Waals surface area contributed by atoms with Gasteiger partial charge in [-0.3, -0.25) is 9.78 Å². The molecule has 1 amide bonds. The van der Waals surface area contributed by atoms with Crippen molar-refractivity contribution in [3.8, 4) is 5.75 Å². The van der Waals surface area contributed by atoms with Crippen molar-refractivity contribution in [2.45, 2.75) is 18.9 Å². The first-order valence-corrected chi connectivity index (χ1v) is 9.95. The van der Waals surface area contributed by atoms with E-state index in [2.05, 4.69) is 21.3 Å². The van der Waals surface area contributed by atoms with Gasteiger partial charge in [-0.05, 0) is 37.1 Å². The number of aromatic nitrogens is 1. The van der Waals surface area contributed by atoms with E-state index < -0.39 is 0 Å². The number of anilines is 1. The molecule has 5 heteroatoms. The number of ether oxygens (including phenoxy) is 1. The average Bonchev–Trinajstić information content (AvgIpc) is 2.78. The fourth-order valence-corrected chi connectivity index (χ4v) is 3.88. The predicted molar refractivity (Wildman–Crippen MR) is 117 cm³/mol. The largest absolute Gasteiger partial charge is 0.495 e. The Hall–Kier alpha value is -3.34. The number of carbonyl (C=O) groups is 1. The SMILES string of the molecule is COc1ccccc1N1CCCC(NC(=O)/C=C/c2cccc3cccnc23)C1. The van der Waals surface area contributed by atoms with Crippen molar-refractivity contribution in [2.24, 2.45) is 0 Å². The van der Waals surface area contributed by atoms with Gasteiger partial charge in [0.2, 0.25) is 5.91 Å². The highest BCUT2D eigenvalue weighted by molar-refractivity contribution is 5.95. The molecule has 4 rings (SSSR count). The second-order valence-electron chi connectivity index (χ2n) is 7.22. The third kappa shape index (κ3) is 4.40. The highest BCUT2D eigenvalue weighted by Crippen LogP contribution is 2.29. The Labute approximate surface area is 171 Å². The lowest BCUT2D eigenvalue weighted by atomic mass is 10.0. The van der Waals surface area contributed by atoms with Crippen LogP contribution in [0, 0.1) is 0 Å². The summed E-state index contributed by atoms with van der Waals surface area (Å²) in [7, 11) is 1.69. The van der Waals surface area contributed by atoms with Gasteiger partial charge in [0.05, 0.1) is 18.3 Å². The molecule has 1 atom stereocenters. The van der Waals surface area contributed by atoms with Crippen LogP contribution in [0.5, 0.6) is 5.75 Å². The molecule has 29 heavy (non-hydrogen) atoms. The summed E-state index contributed by atoms with van der Waals surface area (Å²) in [6.07, 6.45) is 7.21. The van der Waals surface area contributed by atoms with Crippen LogP contribution in [0.15, 0.2) is 66.9 Å². The lowest BCUT2D eigenvalue weighted by Crippen LogP contribution is -2.47. The van der Waals surface area contributed by atoms with Crippen LogP contribution >= 0.6 is 0 Å². The molecule has 0 saturated carbocycles. The lowest BCUT2D eigenvalue weighted by Gasteiger charge is -2.35. The van der Waals surface area contributed by atoms with Crippen LogP contribution in [-0.4, -0.2) is 37.1 Å². The van der Waals surface area contributed by atoms with Gasteiger partial charge in [-0.15, -0.1) is 0 Å². The molecule has 1 fully saturated rings. The maximum absolute atomic E-state index is 12.5. The molecule has 1 unspecified atom stereocenters. The number of hydrogen-bond acceptors (Lipinski definition) is 4. The highest BCUT2D eigenvalue weighted by atomic mass is 16.5. The monoisotopic (exact) mass is 387 g/mol. The third-order valence-corrected chi connectivity index (χ3v) is 5.27. The van der Waals surface area contributed by atoms with Crippen LogP contribution in [-0.2, 0) is 4.79 Å². The van der Waals surface area contributed by atoms with E-state index in [1.54, 1.807) is 19.4 Å². The zero-order chi connectivity index (χ0) is 20.1. The summed E-state index contributed by atoms with van der Waals surface area (Å²) in [6.45, 7) is 1.74. The number of rotatable bonds is 5. The topological polar surface area (TPSA) is 54.5 Å². The van der Waals surface area contributed by atoms with Crippen molar-refractivity contribution < 1.29 is 9.53 Å². The molecule has 0 bridgehead atoms. The molecule has 5 nitrogen and oxygen atoms in total. The van der Waals surface area contributed by atoms with E-state index in [0.717, 1.165) is 53.8 Å². The molecule has 0 aliphatic carbocycles. The molecule has 2 aromatic carbocycles. The Morgan fingerprint density at radius 1 is 1.17 bits per heavy atom. The fraction of sp³-hybridized carbons (Fsp3) is 0.250. The summed E-state index contributed by atoms with van der Waals surface area (Å²) in [5, 5.41) is 4.21. The van der Waals surface area contributed by atoms with E-state index >= 15 is 0 Å². The molecule has 1 N–H and O–H groups in total. The minimum atomic E-state index is -0.0789. The van der Waals surface area contributed by atoms with Crippen molar-refractivity contribution in [2.75, 3.05) is 25.1 Å².